The molecule has 0 rings (SSSR count). The number of rotatable bonds is 7. The van der Waals surface area contributed by atoms with E-state index in [1.165, 1.54) is 0 Å². The van der Waals surface area contributed by atoms with Crippen molar-refractivity contribution in [1.82, 2.24) is 5.32 Å². The first-order valence-electron chi connectivity index (χ1n) is 5.85. The van der Waals surface area contributed by atoms with Crippen molar-refractivity contribution in [1.29, 1.82) is 0 Å². The van der Waals surface area contributed by atoms with Gasteiger partial charge in [0.2, 0.25) is 0 Å². The summed E-state index contributed by atoms with van der Waals surface area (Å²) in [6, 6.07) is 0. The van der Waals surface area contributed by atoms with Crippen LogP contribution in [-0.4, -0.2) is 36.2 Å². The molecule has 2 atom stereocenters. The van der Waals surface area contributed by atoms with E-state index in [1.54, 1.807) is 18.8 Å². The molecule has 0 spiro atoms. The second-order valence-electron chi connectivity index (χ2n) is 4.56. The van der Waals surface area contributed by atoms with Crippen LogP contribution in [-0.2, 0) is 9.53 Å². The quantitative estimate of drug-likeness (QED) is 0.701. The van der Waals surface area contributed by atoms with Gasteiger partial charge in [0.25, 0.3) is 0 Å². The van der Waals surface area contributed by atoms with E-state index in [0.717, 1.165) is 5.75 Å². The van der Waals surface area contributed by atoms with Crippen LogP contribution in [0.15, 0.2) is 0 Å². The van der Waals surface area contributed by atoms with Gasteiger partial charge in [-0.25, -0.2) is 0 Å². The number of thioether (sulfide) groups is 1. The van der Waals surface area contributed by atoms with Gasteiger partial charge in [-0.3, -0.25) is 4.79 Å². The number of likely N-dealkylation sites (N-methyl/N-ethyl adjacent to an activating group) is 1. The molecule has 0 aliphatic carbocycles. The van der Waals surface area contributed by atoms with Crippen LogP contribution in [0.2, 0.25) is 0 Å². The molecule has 0 fully saturated rings. The van der Waals surface area contributed by atoms with Gasteiger partial charge in [0.15, 0.2) is 0 Å². The maximum absolute atomic E-state index is 11.8. The minimum Gasteiger partial charge on any atom is -0.465 e. The van der Waals surface area contributed by atoms with Crippen LogP contribution in [0.5, 0.6) is 0 Å². The van der Waals surface area contributed by atoms with Crippen LogP contribution < -0.4 is 5.32 Å². The summed E-state index contributed by atoms with van der Waals surface area (Å²) in [4.78, 5) is 11.8. The van der Waals surface area contributed by atoms with Crippen LogP contribution in [0.25, 0.3) is 0 Å². The van der Waals surface area contributed by atoms with Crippen LogP contribution in [0.1, 0.15) is 34.6 Å². The van der Waals surface area contributed by atoms with Crippen molar-refractivity contribution in [3.63, 3.8) is 0 Å². The molecule has 0 aliphatic rings. The monoisotopic (exact) mass is 247 g/mol. The Morgan fingerprint density at radius 2 is 2.00 bits per heavy atom. The number of hydrogen-bond acceptors (Lipinski definition) is 4. The van der Waals surface area contributed by atoms with Crippen molar-refractivity contribution in [2.45, 2.75) is 45.4 Å². The zero-order chi connectivity index (χ0) is 12.8. The topological polar surface area (TPSA) is 38.3 Å². The fourth-order valence-corrected chi connectivity index (χ4v) is 2.26. The average Bonchev–Trinajstić information content (AvgIpc) is 2.25. The molecule has 0 aliphatic heterocycles. The largest absolute Gasteiger partial charge is 0.465 e. The second-order valence-corrected chi connectivity index (χ2v) is 5.93. The summed E-state index contributed by atoms with van der Waals surface area (Å²) in [7, 11) is 1.80. The van der Waals surface area contributed by atoms with Crippen molar-refractivity contribution < 1.29 is 9.53 Å². The van der Waals surface area contributed by atoms with Crippen molar-refractivity contribution in [3.8, 4) is 0 Å². The van der Waals surface area contributed by atoms with Gasteiger partial charge >= 0.3 is 5.97 Å². The van der Waals surface area contributed by atoms with Crippen LogP contribution >= 0.6 is 11.8 Å². The highest BCUT2D eigenvalue weighted by atomic mass is 32.2. The van der Waals surface area contributed by atoms with Gasteiger partial charge in [0.05, 0.1) is 6.61 Å². The molecule has 0 aromatic rings. The fourth-order valence-electron chi connectivity index (χ4n) is 1.01. The molecule has 0 radical (unpaired) electrons. The van der Waals surface area contributed by atoms with E-state index >= 15 is 0 Å². The second kappa shape index (κ2) is 7.17. The minimum atomic E-state index is -0.580. The third kappa shape index (κ3) is 4.74. The Labute approximate surface area is 104 Å². The first kappa shape index (κ1) is 15.8. The summed E-state index contributed by atoms with van der Waals surface area (Å²) in [5.41, 5.74) is -0.580. The molecule has 0 saturated carbocycles. The predicted octanol–water partition coefficient (Wildman–Crippen LogP) is 2.31. The molecule has 96 valence electrons. The molecular weight excluding hydrogens is 222 g/mol. The standard InChI is InChI=1S/C12H25NO2S/c1-7-15-11(14)12(5,13-6)8-16-10(4)9(2)3/h9-10,13H,7-8H2,1-6H3. The maximum atomic E-state index is 11.8. The lowest BCUT2D eigenvalue weighted by atomic mass is 10.1. The molecule has 0 amide bonds. The lowest BCUT2D eigenvalue weighted by molar-refractivity contribution is -0.149. The summed E-state index contributed by atoms with van der Waals surface area (Å²) in [5.74, 6) is 1.19. The van der Waals surface area contributed by atoms with E-state index in [0.29, 0.717) is 17.8 Å². The molecule has 16 heavy (non-hydrogen) atoms. The number of hydrogen-bond donors (Lipinski definition) is 1. The number of carbonyl (C=O) groups excluding carboxylic acids is 1. The summed E-state index contributed by atoms with van der Waals surface area (Å²) < 4.78 is 5.08. The molecule has 4 heteroatoms. The fraction of sp³-hybridized carbons (Fsp3) is 0.917. The Morgan fingerprint density at radius 3 is 2.38 bits per heavy atom. The highest BCUT2D eigenvalue weighted by molar-refractivity contribution is 8.00. The van der Waals surface area contributed by atoms with Crippen molar-refractivity contribution >= 4 is 17.7 Å². The molecule has 0 aromatic carbocycles. The van der Waals surface area contributed by atoms with Gasteiger partial charge in [-0.1, -0.05) is 20.8 Å². The van der Waals surface area contributed by atoms with Crippen molar-refractivity contribution in [2.75, 3.05) is 19.4 Å². The Bertz CT molecular complexity index is 221. The highest BCUT2D eigenvalue weighted by Crippen LogP contribution is 2.23. The summed E-state index contributed by atoms with van der Waals surface area (Å²) in [6.45, 7) is 10.7. The molecular formula is C12H25NO2S. The Balaban J connectivity index is 4.31. The van der Waals surface area contributed by atoms with E-state index in [9.17, 15) is 4.79 Å². The number of nitrogens with one attached hydrogen (secondary N) is 1. The predicted molar refractivity (Wildman–Crippen MR) is 70.9 cm³/mol. The zero-order valence-electron chi connectivity index (χ0n) is 11.3. The SMILES string of the molecule is CCOC(=O)C(C)(CSC(C)C(C)C)NC. The van der Waals surface area contributed by atoms with Gasteiger partial charge in [0, 0.05) is 11.0 Å². The molecule has 1 N–H and O–H groups in total. The Morgan fingerprint density at radius 1 is 1.44 bits per heavy atom. The van der Waals surface area contributed by atoms with E-state index < -0.39 is 5.54 Å². The minimum absolute atomic E-state index is 0.166. The zero-order valence-corrected chi connectivity index (χ0v) is 12.1. The first-order valence-corrected chi connectivity index (χ1v) is 6.90. The summed E-state index contributed by atoms with van der Waals surface area (Å²) in [6.07, 6.45) is 0. The molecule has 2 unspecified atom stereocenters. The van der Waals surface area contributed by atoms with Crippen molar-refractivity contribution in [2.24, 2.45) is 5.92 Å². The molecule has 0 bridgehead atoms. The summed E-state index contributed by atoms with van der Waals surface area (Å²) >= 11 is 1.81. The number of esters is 1. The molecule has 0 aromatic heterocycles. The van der Waals surface area contributed by atoms with E-state index in [1.807, 2.05) is 13.8 Å². The van der Waals surface area contributed by atoms with Crippen molar-refractivity contribution in [3.05, 3.63) is 0 Å². The smallest absolute Gasteiger partial charge is 0.326 e. The molecule has 3 nitrogen and oxygen atoms in total. The van der Waals surface area contributed by atoms with Gasteiger partial charge in [-0.05, 0) is 26.8 Å². The van der Waals surface area contributed by atoms with Crippen LogP contribution in [0, 0.1) is 5.92 Å². The van der Waals surface area contributed by atoms with Crippen LogP contribution in [0.4, 0.5) is 0 Å². The first-order chi connectivity index (χ1) is 7.37. The van der Waals surface area contributed by atoms with E-state index in [4.69, 9.17) is 4.74 Å². The van der Waals surface area contributed by atoms with Gasteiger partial charge < -0.3 is 10.1 Å². The third-order valence-electron chi connectivity index (χ3n) is 2.85. The lowest BCUT2D eigenvalue weighted by Crippen LogP contribution is -2.51. The number of ether oxygens (including phenoxy) is 1. The normalized spacial score (nSPS) is 16.9. The molecule has 0 heterocycles. The van der Waals surface area contributed by atoms with Crippen LogP contribution in [0.3, 0.4) is 0 Å². The summed E-state index contributed by atoms with van der Waals surface area (Å²) in [5, 5.41) is 3.61. The molecule has 0 saturated heterocycles. The number of carbonyl (C=O) groups is 1. The van der Waals surface area contributed by atoms with Gasteiger partial charge in [0.1, 0.15) is 5.54 Å². The third-order valence-corrected chi connectivity index (χ3v) is 4.67. The van der Waals surface area contributed by atoms with E-state index in [-0.39, 0.29) is 5.97 Å². The maximum Gasteiger partial charge on any atom is 0.326 e. The highest BCUT2D eigenvalue weighted by Gasteiger charge is 2.33. The lowest BCUT2D eigenvalue weighted by Gasteiger charge is -2.28. The Kier molecular flexibility index (Phi) is 7.07. The average molecular weight is 247 g/mol. The van der Waals surface area contributed by atoms with Gasteiger partial charge in [-0.15, -0.1) is 0 Å². The van der Waals surface area contributed by atoms with E-state index in [2.05, 4.69) is 26.1 Å². The Hall–Kier alpha value is -0.220. The van der Waals surface area contributed by atoms with Gasteiger partial charge in [-0.2, -0.15) is 11.8 Å².